The van der Waals surface area contributed by atoms with Gasteiger partial charge in [0, 0.05) is 24.9 Å². The molecule has 1 atom stereocenters. The van der Waals surface area contributed by atoms with Crippen LogP contribution in [0.4, 0.5) is 10.1 Å². The summed E-state index contributed by atoms with van der Waals surface area (Å²) in [5.41, 5.74) is 6.11. The van der Waals surface area contributed by atoms with E-state index in [2.05, 4.69) is 20.5 Å². The van der Waals surface area contributed by atoms with Gasteiger partial charge in [0.05, 0.1) is 0 Å². The van der Waals surface area contributed by atoms with Crippen molar-refractivity contribution < 1.29 is 4.39 Å². The molecule has 1 unspecified atom stereocenters. The molecule has 1 aliphatic heterocycles. The highest BCUT2D eigenvalue weighted by molar-refractivity contribution is 5.95. The van der Waals surface area contributed by atoms with E-state index in [0.29, 0.717) is 18.1 Å². The SMILES string of the molecule is CN(C)CCC1(N)C=CNC(Nc2cccc(F)c2)=N1. The average Bonchev–Trinajstić information content (AvgIpc) is 2.37. The number of guanidine groups is 1. The summed E-state index contributed by atoms with van der Waals surface area (Å²) < 4.78 is 13.1. The van der Waals surface area contributed by atoms with Crippen LogP contribution >= 0.6 is 0 Å². The molecule has 0 amide bonds. The van der Waals surface area contributed by atoms with Gasteiger partial charge in [-0.25, -0.2) is 9.38 Å². The second-order valence-electron chi connectivity index (χ2n) is 5.12. The molecule has 1 heterocycles. The third kappa shape index (κ3) is 4.04. The number of hydrogen-bond acceptors (Lipinski definition) is 5. The van der Waals surface area contributed by atoms with Gasteiger partial charge in [-0.3, -0.25) is 0 Å². The molecule has 1 aromatic rings. The van der Waals surface area contributed by atoms with Crippen molar-refractivity contribution in [1.29, 1.82) is 0 Å². The number of nitrogens with zero attached hydrogens (tertiary/aromatic N) is 2. The highest BCUT2D eigenvalue weighted by Gasteiger charge is 2.24. The van der Waals surface area contributed by atoms with Crippen LogP contribution in [0.3, 0.4) is 0 Å². The minimum atomic E-state index is -0.745. The lowest BCUT2D eigenvalue weighted by molar-refractivity contribution is 0.352. The van der Waals surface area contributed by atoms with Crippen molar-refractivity contribution in [2.75, 3.05) is 26.0 Å². The molecule has 0 bridgehead atoms. The second-order valence-corrected chi connectivity index (χ2v) is 5.12. The normalized spacial score (nSPS) is 21.6. The van der Waals surface area contributed by atoms with Crippen molar-refractivity contribution >= 4 is 11.6 Å². The number of rotatable bonds is 4. The van der Waals surface area contributed by atoms with Crippen LogP contribution in [0.15, 0.2) is 41.5 Å². The molecule has 108 valence electrons. The van der Waals surface area contributed by atoms with Gasteiger partial charge >= 0.3 is 0 Å². The quantitative estimate of drug-likeness (QED) is 0.776. The van der Waals surface area contributed by atoms with E-state index in [9.17, 15) is 4.39 Å². The maximum atomic E-state index is 13.1. The van der Waals surface area contributed by atoms with E-state index in [1.807, 2.05) is 20.2 Å². The maximum Gasteiger partial charge on any atom is 0.202 e. The van der Waals surface area contributed by atoms with E-state index in [4.69, 9.17) is 5.73 Å². The van der Waals surface area contributed by atoms with Gasteiger partial charge in [0.1, 0.15) is 11.5 Å². The summed E-state index contributed by atoms with van der Waals surface area (Å²) >= 11 is 0. The zero-order valence-electron chi connectivity index (χ0n) is 11.7. The number of benzene rings is 1. The Labute approximate surface area is 118 Å². The summed E-state index contributed by atoms with van der Waals surface area (Å²) in [7, 11) is 3.98. The second kappa shape index (κ2) is 6.02. The Balaban J connectivity index is 2.06. The van der Waals surface area contributed by atoms with Crippen LogP contribution in [0.5, 0.6) is 0 Å². The molecule has 1 aromatic carbocycles. The summed E-state index contributed by atoms with van der Waals surface area (Å²) in [5.74, 6) is 0.216. The van der Waals surface area contributed by atoms with E-state index in [1.165, 1.54) is 12.1 Å². The standard InChI is InChI=1S/C14H20FN5/c1-20(2)9-7-14(16)6-8-17-13(19-14)18-12-5-3-4-11(15)10-12/h3-6,8,10H,7,9,16H2,1-2H3,(H2,17,18,19). The van der Waals surface area contributed by atoms with Crippen LogP contribution in [-0.2, 0) is 0 Å². The zero-order chi connectivity index (χ0) is 14.6. The van der Waals surface area contributed by atoms with E-state index < -0.39 is 5.66 Å². The lowest BCUT2D eigenvalue weighted by atomic mass is 10.1. The molecule has 2 rings (SSSR count). The Morgan fingerprint density at radius 2 is 2.25 bits per heavy atom. The largest absolute Gasteiger partial charge is 0.333 e. The smallest absolute Gasteiger partial charge is 0.202 e. The van der Waals surface area contributed by atoms with Crippen LogP contribution in [0.1, 0.15) is 6.42 Å². The van der Waals surface area contributed by atoms with Crippen LogP contribution < -0.4 is 16.4 Å². The van der Waals surface area contributed by atoms with Gasteiger partial charge < -0.3 is 21.3 Å². The number of anilines is 1. The molecule has 0 saturated heterocycles. The molecule has 0 saturated carbocycles. The average molecular weight is 277 g/mol. The molecule has 0 aromatic heterocycles. The fourth-order valence-corrected chi connectivity index (χ4v) is 1.85. The molecule has 5 nitrogen and oxygen atoms in total. The van der Waals surface area contributed by atoms with E-state index in [1.54, 1.807) is 18.3 Å². The van der Waals surface area contributed by atoms with Crippen LogP contribution in [0, 0.1) is 5.82 Å². The molecular weight excluding hydrogens is 257 g/mol. The fraction of sp³-hybridized carbons (Fsp3) is 0.357. The Kier molecular flexibility index (Phi) is 4.36. The molecule has 0 radical (unpaired) electrons. The van der Waals surface area contributed by atoms with Crippen LogP contribution in [-0.4, -0.2) is 37.2 Å². The fourth-order valence-electron chi connectivity index (χ4n) is 1.85. The van der Waals surface area contributed by atoms with Gasteiger partial charge in [-0.15, -0.1) is 0 Å². The number of hydrogen-bond donors (Lipinski definition) is 3. The van der Waals surface area contributed by atoms with Gasteiger partial charge in [-0.2, -0.15) is 0 Å². The summed E-state index contributed by atoms with van der Waals surface area (Å²) in [6, 6.07) is 6.20. The summed E-state index contributed by atoms with van der Waals surface area (Å²) in [4.78, 5) is 6.50. The Hall–Kier alpha value is -1.92. The van der Waals surface area contributed by atoms with Crippen molar-refractivity contribution in [2.24, 2.45) is 10.7 Å². The molecule has 0 spiro atoms. The molecule has 20 heavy (non-hydrogen) atoms. The molecule has 6 heteroatoms. The molecule has 4 N–H and O–H groups in total. The third-order valence-electron chi connectivity index (χ3n) is 2.96. The van der Waals surface area contributed by atoms with E-state index in [0.717, 1.165) is 6.54 Å². The van der Waals surface area contributed by atoms with Crippen molar-refractivity contribution in [3.05, 3.63) is 42.4 Å². The maximum absolute atomic E-state index is 13.1. The first kappa shape index (κ1) is 14.5. The van der Waals surface area contributed by atoms with Gasteiger partial charge in [0.2, 0.25) is 5.96 Å². The molecule has 0 fully saturated rings. The number of nitrogens with one attached hydrogen (secondary N) is 2. The number of nitrogens with two attached hydrogens (primary N) is 1. The number of halogens is 1. The molecule has 1 aliphatic rings. The monoisotopic (exact) mass is 277 g/mol. The highest BCUT2D eigenvalue weighted by atomic mass is 19.1. The van der Waals surface area contributed by atoms with Crippen molar-refractivity contribution in [3.8, 4) is 0 Å². The topological polar surface area (TPSA) is 65.7 Å². The van der Waals surface area contributed by atoms with Gasteiger partial charge in [0.15, 0.2) is 0 Å². The molecule has 0 aliphatic carbocycles. The first-order valence-electron chi connectivity index (χ1n) is 6.47. The zero-order valence-corrected chi connectivity index (χ0v) is 11.7. The predicted molar refractivity (Wildman–Crippen MR) is 79.8 cm³/mol. The van der Waals surface area contributed by atoms with Gasteiger partial charge in [0.25, 0.3) is 0 Å². The van der Waals surface area contributed by atoms with E-state index in [-0.39, 0.29) is 5.82 Å². The van der Waals surface area contributed by atoms with E-state index >= 15 is 0 Å². The summed E-state index contributed by atoms with van der Waals surface area (Å²) in [6.07, 6.45) is 4.28. The van der Waals surface area contributed by atoms with Crippen molar-refractivity contribution in [1.82, 2.24) is 10.2 Å². The van der Waals surface area contributed by atoms with Crippen molar-refractivity contribution in [2.45, 2.75) is 12.1 Å². The van der Waals surface area contributed by atoms with Crippen LogP contribution in [0.2, 0.25) is 0 Å². The Morgan fingerprint density at radius 3 is 2.95 bits per heavy atom. The third-order valence-corrected chi connectivity index (χ3v) is 2.96. The lowest BCUT2D eigenvalue weighted by Crippen LogP contribution is -2.45. The summed E-state index contributed by atoms with van der Waals surface area (Å²) in [6.45, 7) is 0.831. The first-order valence-corrected chi connectivity index (χ1v) is 6.47. The highest BCUT2D eigenvalue weighted by Crippen LogP contribution is 2.15. The van der Waals surface area contributed by atoms with Gasteiger partial charge in [-0.1, -0.05) is 6.07 Å². The number of aliphatic imine (C=N–C) groups is 1. The summed E-state index contributed by atoms with van der Waals surface area (Å²) in [5, 5.41) is 5.99. The lowest BCUT2D eigenvalue weighted by Gasteiger charge is -2.27. The van der Waals surface area contributed by atoms with Gasteiger partial charge in [-0.05, 0) is 38.4 Å². The van der Waals surface area contributed by atoms with Crippen LogP contribution in [0.25, 0.3) is 0 Å². The first-order chi connectivity index (χ1) is 9.47. The minimum absolute atomic E-state index is 0.298. The predicted octanol–water partition coefficient (Wildman–Crippen LogP) is 1.32. The van der Waals surface area contributed by atoms with Crippen molar-refractivity contribution in [3.63, 3.8) is 0 Å². The Bertz CT molecular complexity index is 526. The minimum Gasteiger partial charge on any atom is -0.333 e. The molecular formula is C14H20FN5. The Morgan fingerprint density at radius 1 is 1.45 bits per heavy atom.